The van der Waals surface area contributed by atoms with Crippen LogP contribution in [-0.2, 0) is 9.53 Å². The smallest absolute Gasteiger partial charge is 0.251 e. The number of carbonyl (C=O) groups is 1. The van der Waals surface area contributed by atoms with Gasteiger partial charge in [0.1, 0.15) is 5.75 Å². The number of hydrogen-bond acceptors (Lipinski definition) is 3. The minimum absolute atomic E-state index is 0.252. The lowest BCUT2D eigenvalue weighted by Crippen LogP contribution is -2.09. The van der Waals surface area contributed by atoms with E-state index in [4.69, 9.17) is 9.47 Å². The van der Waals surface area contributed by atoms with E-state index in [0.717, 1.165) is 0 Å². The van der Waals surface area contributed by atoms with Crippen LogP contribution in [0.25, 0.3) is 0 Å². The lowest BCUT2D eigenvalue weighted by Gasteiger charge is -2.07. The van der Waals surface area contributed by atoms with Crippen molar-refractivity contribution in [2.45, 2.75) is 6.92 Å². The number of nitrogens with one attached hydrogen (secondary N) is 1. The van der Waals surface area contributed by atoms with Gasteiger partial charge in [0.05, 0.1) is 25.7 Å². The molecule has 0 saturated carbocycles. The molecule has 0 aliphatic heterocycles. The number of hydrogen-bond donors (Lipinski definition) is 1. The molecule has 1 aromatic carbocycles. The predicted molar refractivity (Wildman–Crippen MR) is 62.4 cm³/mol. The molecule has 0 unspecified atom stereocenters. The summed E-state index contributed by atoms with van der Waals surface area (Å²) in [5.74, 6) is 0.374. The number of amides is 1. The zero-order valence-corrected chi connectivity index (χ0v) is 9.40. The van der Waals surface area contributed by atoms with Crippen molar-refractivity contribution in [3.8, 4) is 5.75 Å². The van der Waals surface area contributed by atoms with Crippen molar-refractivity contribution >= 4 is 11.6 Å². The number of para-hydroxylation sites is 2. The number of rotatable bonds is 5. The molecule has 0 fully saturated rings. The highest BCUT2D eigenvalue weighted by molar-refractivity contribution is 6.00. The molecule has 0 radical (unpaired) electrons. The second-order valence-electron chi connectivity index (χ2n) is 2.95. The van der Waals surface area contributed by atoms with Crippen molar-refractivity contribution in [3.05, 3.63) is 36.6 Å². The molecule has 1 N–H and O–H groups in total. The van der Waals surface area contributed by atoms with Gasteiger partial charge in [-0.3, -0.25) is 4.79 Å². The molecule has 1 rings (SSSR count). The van der Waals surface area contributed by atoms with Crippen LogP contribution in [0.5, 0.6) is 5.75 Å². The van der Waals surface area contributed by atoms with Gasteiger partial charge in [-0.2, -0.15) is 0 Å². The molecule has 0 saturated heterocycles. The van der Waals surface area contributed by atoms with Crippen LogP contribution >= 0.6 is 0 Å². The van der Waals surface area contributed by atoms with Crippen LogP contribution in [0.3, 0.4) is 0 Å². The third-order valence-electron chi connectivity index (χ3n) is 1.85. The van der Waals surface area contributed by atoms with Crippen LogP contribution in [-0.4, -0.2) is 19.6 Å². The fourth-order valence-electron chi connectivity index (χ4n) is 1.13. The summed E-state index contributed by atoms with van der Waals surface area (Å²) in [6, 6.07) is 7.21. The number of methoxy groups -OCH3 is 1. The summed E-state index contributed by atoms with van der Waals surface area (Å²) >= 11 is 0. The molecule has 86 valence electrons. The lowest BCUT2D eigenvalue weighted by atomic mass is 10.3. The van der Waals surface area contributed by atoms with E-state index in [0.29, 0.717) is 18.0 Å². The van der Waals surface area contributed by atoms with Gasteiger partial charge >= 0.3 is 0 Å². The molecule has 4 heteroatoms. The average Bonchev–Trinajstić information content (AvgIpc) is 2.30. The van der Waals surface area contributed by atoms with Crippen LogP contribution in [0.1, 0.15) is 6.92 Å². The molecular formula is C12H15NO3. The van der Waals surface area contributed by atoms with Crippen molar-refractivity contribution < 1.29 is 14.3 Å². The molecule has 0 atom stereocenters. The van der Waals surface area contributed by atoms with Gasteiger partial charge in [-0.25, -0.2) is 0 Å². The van der Waals surface area contributed by atoms with Crippen LogP contribution < -0.4 is 10.1 Å². The number of benzene rings is 1. The van der Waals surface area contributed by atoms with Crippen molar-refractivity contribution in [2.24, 2.45) is 0 Å². The van der Waals surface area contributed by atoms with Gasteiger partial charge in [-0.1, -0.05) is 12.1 Å². The van der Waals surface area contributed by atoms with Crippen LogP contribution in [0, 0.1) is 0 Å². The summed E-state index contributed by atoms with van der Waals surface area (Å²) < 4.78 is 10.0. The van der Waals surface area contributed by atoms with Gasteiger partial charge in [0.25, 0.3) is 5.91 Å². The first-order valence-electron chi connectivity index (χ1n) is 5.00. The molecule has 0 bridgehead atoms. The van der Waals surface area contributed by atoms with Gasteiger partial charge in [-0.15, -0.1) is 0 Å². The Hall–Kier alpha value is -1.97. The van der Waals surface area contributed by atoms with Crippen molar-refractivity contribution in [2.75, 3.05) is 19.0 Å². The van der Waals surface area contributed by atoms with E-state index in [1.807, 2.05) is 19.1 Å². The summed E-state index contributed by atoms with van der Waals surface area (Å²) in [4.78, 5) is 11.4. The molecule has 16 heavy (non-hydrogen) atoms. The topological polar surface area (TPSA) is 47.6 Å². The van der Waals surface area contributed by atoms with E-state index in [9.17, 15) is 4.79 Å². The largest absolute Gasteiger partial charge is 0.501 e. The molecule has 0 aliphatic rings. The van der Waals surface area contributed by atoms with E-state index in [1.54, 1.807) is 19.2 Å². The maximum Gasteiger partial charge on any atom is 0.251 e. The first-order chi connectivity index (χ1) is 7.77. The standard InChI is InChI=1S/C12H15NO3/c1-3-16-9-8-12(14)13-10-6-4-5-7-11(10)15-2/h4-9H,3H2,1-2H3,(H,13,14)/b9-8+. The van der Waals surface area contributed by atoms with Crippen molar-refractivity contribution in [1.29, 1.82) is 0 Å². The Morgan fingerprint density at radius 3 is 2.88 bits per heavy atom. The Morgan fingerprint density at radius 1 is 1.44 bits per heavy atom. The number of anilines is 1. The Kier molecular flexibility index (Phi) is 4.92. The molecule has 0 aliphatic carbocycles. The second-order valence-corrected chi connectivity index (χ2v) is 2.95. The maximum absolute atomic E-state index is 11.4. The van der Waals surface area contributed by atoms with Gasteiger partial charge < -0.3 is 14.8 Å². The summed E-state index contributed by atoms with van der Waals surface area (Å²) in [5.41, 5.74) is 0.635. The van der Waals surface area contributed by atoms with Crippen LogP contribution in [0.15, 0.2) is 36.6 Å². The maximum atomic E-state index is 11.4. The van der Waals surface area contributed by atoms with E-state index in [2.05, 4.69) is 5.32 Å². The third-order valence-corrected chi connectivity index (χ3v) is 1.85. The Labute approximate surface area is 94.9 Å². The Balaban J connectivity index is 2.62. The zero-order chi connectivity index (χ0) is 11.8. The quantitative estimate of drug-likeness (QED) is 0.612. The molecule has 4 nitrogen and oxygen atoms in total. The van der Waals surface area contributed by atoms with E-state index in [-0.39, 0.29) is 5.91 Å². The summed E-state index contributed by atoms with van der Waals surface area (Å²) in [7, 11) is 1.56. The van der Waals surface area contributed by atoms with Gasteiger partial charge in [0.15, 0.2) is 0 Å². The molecule has 1 amide bonds. The lowest BCUT2D eigenvalue weighted by molar-refractivity contribution is -0.112. The monoisotopic (exact) mass is 221 g/mol. The number of carbonyl (C=O) groups excluding carboxylic acids is 1. The van der Waals surface area contributed by atoms with E-state index in [1.165, 1.54) is 12.3 Å². The normalized spacial score (nSPS) is 10.1. The summed E-state index contributed by atoms with van der Waals surface area (Å²) in [5, 5.41) is 2.69. The SMILES string of the molecule is CCO/C=C/C(=O)Nc1ccccc1OC. The summed E-state index contributed by atoms with van der Waals surface area (Å²) in [6.07, 6.45) is 2.70. The van der Waals surface area contributed by atoms with Gasteiger partial charge in [0.2, 0.25) is 0 Å². The first-order valence-corrected chi connectivity index (χ1v) is 5.00. The highest BCUT2D eigenvalue weighted by Gasteiger charge is 2.03. The van der Waals surface area contributed by atoms with Crippen molar-refractivity contribution in [1.82, 2.24) is 0 Å². The first kappa shape index (κ1) is 12.1. The van der Waals surface area contributed by atoms with Crippen molar-refractivity contribution in [3.63, 3.8) is 0 Å². The van der Waals surface area contributed by atoms with E-state index < -0.39 is 0 Å². The molecular weight excluding hydrogens is 206 g/mol. The highest BCUT2D eigenvalue weighted by Crippen LogP contribution is 2.22. The Bertz CT molecular complexity index is 374. The number of ether oxygens (including phenoxy) is 2. The van der Waals surface area contributed by atoms with Crippen LogP contribution in [0.2, 0.25) is 0 Å². The predicted octanol–water partition coefficient (Wildman–Crippen LogP) is 2.18. The Morgan fingerprint density at radius 2 is 2.19 bits per heavy atom. The fraction of sp³-hybridized carbons (Fsp3) is 0.250. The molecule has 1 aromatic rings. The molecule has 0 heterocycles. The van der Waals surface area contributed by atoms with Gasteiger partial charge in [0, 0.05) is 6.08 Å². The average molecular weight is 221 g/mol. The molecule has 0 aromatic heterocycles. The highest BCUT2D eigenvalue weighted by atomic mass is 16.5. The minimum Gasteiger partial charge on any atom is -0.501 e. The fourth-order valence-corrected chi connectivity index (χ4v) is 1.13. The summed E-state index contributed by atoms with van der Waals surface area (Å²) in [6.45, 7) is 2.39. The third kappa shape index (κ3) is 3.65. The van der Waals surface area contributed by atoms with E-state index >= 15 is 0 Å². The minimum atomic E-state index is -0.252. The second kappa shape index (κ2) is 6.50. The van der Waals surface area contributed by atoms with Crippen LogP contribution in [0.4, 0.5) is 5.69 Å². The zero-order valence-electron chi connectivity index (χ0n) is 9.40. The molecule has 0 spiro atoms. The van der Waals surface area contributed by atoms with Gasteiger partial charge in [-0.05, 0) is 19.1 Å².